The summed E-state index contributed by atoms with van der Waals surface area (Å²) in [4.78, 5) is 70.6. The van der Waals surface area contributed by atoms with E-state index >= 15 is 0 Å². The quantitative estimate of drug-likeness (QED) is 0.0590. The van der Waals surface area contributed by atoms with Crippen molar-refractivity contribution in [1.82, 2.24) is 40.4 Å². The molecule has 0 saturated carbocycles. The van der Waals surface area contributed by atoms with Gasteiger partial charge in [-0.1, -0.05) is 112 Å². The smallest absolute Gasteiger partial charge is 0.407 e. The number of nitrogens with one attached hydrogen (secondary N) is 4. The molecule has 0 bridgehead atoms. The third-order valence-corrected chi connectivity index (χ3v) is 14.8. The first-order chi connectivity index (χ1) is 36.0. The number of nitrogens with zero attached hydrogens (tertiary/aromatic N) is 4. The number of hydrogen-bond donors (Lipinski definition) is 6. The number of aryl methyl sites for hydroxylation is 2. The molecule has 2 aliphatic heterocycles. The zero-order valence-corrected chi connectivity index (χ0v) is 45.3. The summed E-state index contributed by atoms with van der Waals surface area (Å²) in [5.41, 5.74) is 7.69. The first-order valence-electron chi connectivity index (χ1n) is 24.7. The van der Waals surface area contributed by atoms with Gasteiger partial charge in [0.2, 0.25) is 11.8 Å². The van der Waals surface area contributed by atoms with Crippen LogP contribution in [0.1, 0.15) is 88.2 Å². The Morgan fingerprint density at radius 2 is 0.868 bits per heavy atom. The molecule has 6 N–H and O–H groups in total. The van der Waals surface area contributed by atoms with E-state index in [1.54, 1.807) is 46.5 Å². The Bertz CT molecular complexity index is 2950. The van der Waals surface area contributed by atoms with Crippen LogP contribution in [0.5, 0.6) is 0 Å². The zero-order chi connectivity index (χ0) is 55.5. The van der Waals surface area contributed by atoms with Gasteiger partial charge in [0.05, 0.1) is 59.9 Å². The SMILES string of the molecule is COC(=O)N[C@H](C(=O)N1CCC[C@H]1c1ncc(-c2ccc(-c3ccc(-c4cnc([C@@H]5CCCN5C(=O)[C@@H](NC(=O)OC)C(C)C)[nH]4)cc3)cc2)[nH]1)C(C)C.Cc1ccc(S(=O)(=O)O)cc1.Cc1ccc(S(=O)(=O)O)cc1. The van der Waals surface area contributed by atoms with E-state index in [2.05, 4.69) is 54.8 Å². The monoisotopic (exact) mass is 1080 g/mol. The third-order valence-electron chi connectivity index (χ3n) is 13.0. The van der Waals surface area contributed by atoms with Gasteiger partial charge in [0.15, 0.2) is 0 Å². The minimum atomic E-state index is -4.02. The molecule has 20 nitrogen and oxygen atoms in total. The second kappa shape index (κ2) is 25.4. The molecule has 4 atom stereocenters. The van der Waals surface area contributed by atoms with Crippen LogP contribution < -0.4 is 10.6 Å². The van der Waals surface area contributed by atoms with Crippen molar-refractivity contribution in [2.24, 2.45) is 11.8 Å². The maximum atomic E-state index is 13.5. The molecule has 406 valence electrons. The van der Waals surface area contributed by atoms with Gasteiger partial charge in [-0.25, -0.2) is 19.6 Å². The van der Waals surface area contributed by atoms with E-state index in [0.717, 1.165) is 82.1 Å². The number of likely N-dealkylation sites (tertiary alicyclic amines) is 2. The van der Waals surface area contributed by atoms with E-state index in [-0.39, 0.29) is 45.5 Å². The highest BCUT2D eigenvalue weighted by Gasteiger charge is 2.39. The summed E-state index contributed by atoms with van der Waals surface area (Å²) >= 11 is 0. The largest absolute Gasteiger partial charge is 0.453 e. The molecule has 4 amide bonds. The maximum Gasteiger partial charge on any atom is 0.407 e. The van der Waals surface area contributed by atoms with Crippen molar-refractivity contribution in [3.8, 4) is 33.6 Å². The van der Waals surface area contributed by atoms with Crippen LogP contribution in [-0.2, 0) is 39.3 Å². The van der Waals surface area contributed by atoms with Crippen molar-refractivity contribution in [3.63, 3.8) is 0 Å². The number of amides is 4. The summed E-state index contributed by atoms with van der Waals surface area (Å²) < 4.78 is 68.6. The van der Waals surface area contributed by atoms with Gasteiger partial charge < -0.3 is 39.9 Å². The normalized spacial score (nSPS) is 16.2. The molecule has 6 aromatic rings. The number of carbonyl (C=O) groups is 4. The predicted molar refractivity (Wildman–Crippen MR) is 285 cm³/mol. The predicted octanol–water partition coefficient (Wildman–Crippen LogP) is 8.71. The van der Waals surface area contributed by atoms with Crippen LogP contribution in [0.3, 0.4) is 0 Å². The number of ether oxygens (including phenoxy) is 2. The zero-order valence-electron chi connectivity index (χ0n) is 43.7. The average Bonchev–Trinajstić information content (AvgIpc) is 4.25. The summed E-state index contributed by atoms with van der Waals surface area (Å²) in [5.74, 6) is 0.955. The summed E-state index contributed by atoms with van der Waals surface area (Å²) in [6.07, 6.45) is 5.61. The van der Waals surface area contributed by atoms with E-state index in [1.807, 2.05) is 65.8 Å². The van der Waals surface area contributed by atoms with Crippen LogP contribution in [0, 0.1) is 25.7 Å². The van der Waals surface area contributed by atoms with Gasteiger partial charge in [0.1, 0.15) is 23.7 Å². The minimum absolute atomic E-state index is 0.0666. The van der Waals surface area contributed by atoms with Crippen LogP contribution in [0.25, 0.3) is 33.6 Å². The number of methoxy groups -OCH3 is 2. The summed E-state index contributed by atoms with van der Waals surface area (Å²) in [6, 6.07) is 26.7. The Kier molecular flexibility index (Phi) is 19.4. The van der Waals surface area contributed by atoms with Gasteiger partial charge in [-0.05, 0) is 97.9 Å². The number of aromatic amines is 2. The number of carbonyl (C=O) groups excluding carboxylic acids is 4. The maximum absolute atomic E-state index is 13.5. The Labute approximate surface area is 443 Å². The molecule has 0 radical (unpaired) electrons. The van der Waals surface area contributed by atoms with Crippen LogP contribution >= 0.6 is 0 Å². The fraction of sp³-hybridized carbons (Fsp3) is 0.370. The molecule has 0 aliphatic carbocycles. The highest BCUT2D eigenvalue weighted by atomic mass is 32.2. The Balaban J connectivity index is 0.000000349. The van der Waals surface area contributed by atoms with Crippen molar-refractivity contribution in [1.29, 1.82) is 0 Å². The van der Waals surface area contributed by atoms with Gasteiger partial charge in [0.25, 0.3) is 20.2 Å². The summed E-state index contributed by atoms with van der Waals surface area (Å²) in [6.45, 7) is 12.5. The van der Waals surface area contributed by atoms with Crippen LogP contribution in [0.4, 0.5) is 9.59 Å². The molecule has 4 heterocycles. The Morgan fingerprint density at radius 3 is 1.16 bits per heavy atom. The molecule has 8 rings (SSSR count). The standard InChI is InChI=1S/C40H50N8O6.2C7H8O3S/c1-23(2)33(45-39(51)53-5)37(49)47-19-7-9-31(47)35-41-21-29(43-35)27-15-11-25(12-16-27)26-13-17-28(18-14-26)30-22-42-36(44-30)32-10-8-20-48(32)38(50)34(24(3)4)46-40(52)54-6;2*1-6-2-4-7(5-3-6)11(8,9)10/h11-18,21-24,31-34H,7-10,19-20H2,1-6H3,(H,41,43)(H,42,44)(H,45,51)(H,46,52);2*2-5H,1H3,(H,8,9,10)/t31-,32-,33-,34-;;/m0../s1. The lowest BCUT2D eigenvalue weighted by atomic mass is 10.0. The molecule has 2 fully saturated rings. The average molecular weight is 1080 g/mol. The van der Waals surface area contributed by atoms with Crippen molar-refractivity contribution < 1.29 is 54.6 Å². The number of alkyl carbamates (subject to hydrolysis) is 2. The summed E-state index contributed by atoms with van der Waals surface area (Å²) in [5, 5.41) is 5.38. The van der Waals surface area contributed by atoms with Crippen LogP contribution in [0.2, 0.25) is 0 Å². The van der Waals surface area contributed by atoms with Crippen LogP contribution in [0.15, 0.2) is 119 Å². The molecule has 4 aromatic carbocycles. The molecule has 2 saturated heterocycles. The van der Waals surface area contributed by atoms with E-state index in [9.17, 15) is 36.0 Å². The number of H-pyrrole nitrogens is 2. The van der Waals surface area contributed by atoms with E-state index in [0.29, 0.717) is 13.1 Å². The molecule has 2 aliphatic rings. The van der Waals surface area contributed by atoms with Crippen molar-refractivity contribution in [3.05, 3.63) is 132 Å². The molecule has 0 unspecified atom stereocenters. The van der Waals surface area contributed by atoms with Gasteiger partial charge in [-0.2, -0.15) is 16.8 Å². The van der Waals surface area contributed by atoms with E-state index in [1.165, 1.54) is 38.5 Å². The topological polar surface area (TPSA) is 283 Å². The fourth-order valence-electron chi connectivity index (χ4n) is 8.80. The molecule has 0 spiro atoms. The molecule has 2 aromatic heterocycles. The van der Waals surface area contributed by atoms with E-state index < -0.39 is 44.5 Å². The van der Waals surface area contributed by atoms with Crippen molar-refractivity contribution in [2.45, 2.75) is 101 Å². The highest BCUT2D eigenvalue weighted by molar-refractivity contribution is 7.86. The van der Waals surface area contributed by atoms with Crippen molar-refractivity contribution in [2.75, 3.05) is 27.3 Å². The molecular formula is C54H66N8O12S2. The highest BCUT2D eigenvalue weighted by Crippen LogP contribution is 2.35. The number of benzene rings is 4. The second-order valence-corrected chi connectivity index (χ2v) is 22.0. The lowest BCUT2D eigenvalue weighted by Crippen LogP contribution is -2.51. The van der Waals surface area contributed by atoms with Crippen molar-refractivity contribution >= 4 is 44.2 Å². The summed E-state index contributed by atoms with van der Waals surface area (Å²) in [7, 11) is -5.46. The number of aromatic nitrogens is 4. The van der Waals surface area contributed by atoms with Gasteiger partial charge in [-0.15, -0.1) is 0 Å². The Morgan fingerprint density at radius 1 is 0.553 bits per heavy atom. The second-order valence-electron chi connectivity index (χ2n) is 19.2. The van der Waals surface area contributed by atoms with Gasteiger partial charge in [0, 0.05) is 13.1 Å². The third kappa shape index (κ3) is 14.9. The van der Waals surface area contributed by atoms with Crippen LogP contribution in [-0.4, -0.2) is 119 Å². The van der Waals surface area contributed by atoms with E-state index in [4.69, 9.17) is 18.6 Å². The first kappa shape index (κ1) is 57.9. The molecular weight excluding hydrogens is 1020 g/mol. The lowest BCUT2D eigenvalue weighted by molar-refractivity contribution is -0.136. The molecule has 22 heteroatoms. The molecule has 76 heavy (non-hydrogen) atoms. The first-order valence-corrected chi connectivity index (χ1v) is 27.6. The van der Waals surface area contributed by atoms with Gasteiger partial charge in [-0.3, -0.25) is 18.7 Å². The number of imidazole rings is 2. The number of hydrogen-bond acceptors (Lipinski definition) is 12. The fourth-order valence-corrected chi connectivity index (χ4v) is 9.76. The van der Waals surface area contributed by atoms with Gasteiger partial charge >= 0.3 is 12.2 Å². The number of rotatable bonds is 13. The Hall–Kier alpha value is -7.40. The minimum Gasteiger partial charge on any atom is -0.453 e. The lowest BCUT2D eigenvalue weighted by Gasteiger charge is -2.30.